The highest BCUT2D eigenvalue weighted by Gasteiger charge is 2.33. The molecule has 0 aliphatic carbocycles. The summed E-state index contributed by atoms with van der Waals surface area (Å²) in [7, 11) is 0. The Morgan fingerprint density at radius 1 is 0.815 bits per heavy atom. The van der Waals surface area contributed by atoms with E-state index in [2.05, 4.69) is 6.92 Å². The Morgan fingerprint density at radius 2 is 1.22 bits per heavy atom. The molecule has 0 radical (unpaired) electrons. The minimum atomic E-state index is -0.835. The van der Waals surface area contributed by atoms with Crippen molar-refractivity contribution in [1.29, 1.82) is 0 Å². The van der Waals surface area contributed by atoms with Gasteiger partial charge in [0.1, 0.15) is 0 Å². The smallest absolute Gasteiger partial charge is 0.308 e. The van der Waals surface area contributed by atoms with Crippen molar-refractivity contribution >= 4 is 11.9 Å². The van der Waals surface area contributed by atoms with Gasteiger partial charge in [-0.1, -0.05) is 103 Å². The van der Waals surface area contributed by atoms with Gasteiger partial charge >= 0.3 is 5.97 Å². The molecule has 1 atom stereocenters. The van der Waals surface area contributed by atoms with Gasteiger partial charge < -0.3 is 10.0 Å². The molecule has 0 saturated carbocycles. The van der Waals surface area contributed by atoms with Crippen molar-refractivity contribution < 1.29 is 14.7 Å². The van der Waals surface area contributed by atoms with E-state index >= 15 is 0 Å². The summed E-state index contributed by atoms with van der Waals surface area (Å²) in [4.78, 5) is 24.4. The normalized spacial score (nSPS) is 17.0. The molecule has 4 heteroatoms. The monoisotopic (exact) mass is 381 g/mol. The van der Waals surface area contributed by atoms with Crippen LogP contribution in [-0.2, 0) is 9.59 Å². The molecular formula is C23H43NO3. The molecule has 1 N–H and O–H groups in total. The molecule has 1 aliphatic heterocycles. The van der Waals surface area contributed by atoms with E-state index in [-0.39, 0.29) is 12.3 Å². The molecule has 0 aromatic heterocycles. The predicted molar refractivity (Wildman–Crippen MR) is 112 cm³/mol. The van der Waals surface area contributed by atoms with Gasteiger partial charge in [-0.2, -0.15) is 0 Å². The maximum absolute atomic E-state index is 11.7. The number of hydrogen-bond donors (Lipinski definition) is 1. The maximum Gasteiger partial charge on any atom is 0.308 e. The summed E-state index contributed by atoms with van der Waals surface area (Å²) in [5.74, 6) is -1.31. The summed E-state index contributed by atoms with van der Waals surface area (Å²) in [6, 6.07) is 0. The Balaban J connectivity index is 1.78. The first-order chi connectivity index (χ1) is 13.1. The second-order valence-corrected chi connectivity index (χ2v) is 8.38. The lowest BCUT2D eigenvalue weighted by Crippen LogP contribution is -2.27. The molecule has 0 aromatic carbocycles. The molecular weight excluding hydrogens is 338 g/mol. The van der Waals surface area contributed by atoms with Crippen LogP contribution in [0.1, 0.15) is 116 Å². The van der Waals surface area contributed by atoms with Crippen molar-refractivity contribution in [2.45, 2.75) is 116 Å². The largest absolute Gasteiger partial charge is 0.481 e. The SMILES string of the molecule is CCCCCCCCCCCCCCCCCCN1C[C@H](C(=O)O)CC1=O. The van der Waals surface area contributed by atoms with Gasteiger partial charge in [0.2, 0.25) is 5.91 Å². The third-order valence-electron chi connectivity index (χ3n) is 5.85. The zero-order chi connectivity index (χ0) is 19.7. The summed E-state index contributed by atoms with van der Waals surface area (Å²) >= 11 is 0. The lowest BCUT2D eigenvalue weighted by Gasteiger charge is -2.15. The molecule has 1 aliphatic rings. The number of unbranched alkanes of at least 4 members (excludes halogenated alkanes) is 15. The van der Waals surface area contributed by atoms with Gasteiger partial charge in [-0.15, -0.1) is 0 Å². The fraction of sp³-hybridized carbons (Fsp3) is 0.913. The molecule has 1 heterocycles. The third-order valence-corrected chi connectivity index (χ3v) is 5.85. The highest BCUT2D eigenvalue weighted by Crippen LogP contribution is 2.19. The number of amides is 1. The van der Waals surface area contributed by atoms with Gasteiger partial charge in [0.25, 0.3) is 0 Å². The fourth-order valence-corrected chi connectivity index (χ4v) is 4.00. The molecule has 0 spiro atoms. The number of carbonyl (C=O) groups is 2. The van der Waals surface area contributed by atoms with E-state index in [1.165, 1.54) is 89.9 Å². The third kappa shape index (κ3) is 12.1. The topological polar surface area (TPSA) is 57.6 Å². The van der Waals surface area contributed by atoms with Gasteiger partial charge in [0, 0.05) is 19.5 Å². The number of rotatable bonds is 18. The maximum atomic E-state index is 11.7. The highest BCUT2D eigenvalue weighted by molar-refractivity contribution is 5.86. The Kier molecular flexibility index (Phi) is 14.2. The molecule has 4 nitrogen and oxygen atoms in total. The Bertz CT molecular complexity index is 397. The van der Waals surface area contributed by atoms with Crippen LogP contribution < -0.4 is 0 Å². The van der Waals surface area contributed by atoms with Crippen LogP contribution in [0.15, 0.2) is 0 Å². The summed E-state index contributed by atoms with van der Waals surface area (Å²) in [6.45, 7) is 3.42. The summed E-state index contributed by atoms with van der Waals surface area (Å²) < 4.78 is 0. The molecule has 0 aromatic rings. The van der Waals surface area contributed by atoms with Crippen LogP contribution in [0, 0.1) is 5.92 Å². The Labute approximate surface area is 167 Å². The number of likely N-dealkylation sites (tertiary alicyclic amines) is 1. The molecule has 27 heavy (non-hydrogen) atoms. The number of carboxylic acid groups (broad SMARTS) is 1. The number of nitrogens with zero attached hydrogens (tertiary/aromatic N) is 1. The molecule has 1 fully saturated rings. The second-order valence-electron chi connectivity index (χ2n) is 8.38. The summed E-state index contributed by atoms with van der Waals surface area (Å²) in [5.41, 5.74) is 0. The standard InChI is InChI=1S/C23H43NO3/c1-2-3-4-5-6-7-8-9-10-11-12-13-14-15-16-17-18-24-20-21(23(26)27)19-22(24)25/h21H,2-20H2,1H3,(H,26,27)/t21-/m1/s1. The lowest BCUT2D eigenvalue weighted by molar-refractivity contribution is -0.141. The number of carboxylic acids is 1. The molecule has 158 valence electrons. The molecule has 1 rings (SSSR count). The van der Waals surface area contributed by atoms with Gasteiger partial charge in [-0.05, 0) is 6.42 Å². The minimum Gasteiger partial charge on any atom is -0.481 e. The van der Waals surface area contributed by atoms with Crippen molar-refractivity contribution in [2.24, 2.45) is 5.92 Å². The average Bonchev–Trinajstić information content (AvgIpc) is 3.02. The van der Waals surface area contributed by atoms with Crippen LogP contribution in [0.2, 0.25) is 0 Å². The zero-order valence-corrected chi connectivity index (χ0v) is 17.7. The first-order valence-corrected chi connectivity index (χ1v) is 11.7. The number of hydrogen-bond acceptors (Lipinski definition) is 2. The van der Waals surface area contributed by atoms with Crippen LogP contribution >= 0.6 is 0 Å². The van der Waals surface area contributed by atoms with E-state index in [9.17, 15) is 9.59 Å². The Hall–Kier alpha value is -1.06. The van der Waals surface area contributed by atoms with Gasteiger partial charge in [-0.25, -0.2) is 0 Å². The summed E-state index contributed by atoms with van der Waals surface area (Å²) in [6.07, 6.45) is 21.7. The highest BCUT2D eigenvalue weighted by atomic mass is 16.4. The van der Waals surface area contributed by atoms with Crippen molar-refractivity contribution in [2.75, 3.05) is 13.1 Å². The number of aliphatic carboxylic acids is 1. The average molecular weight is 382 g/mol. The van der Waals surface area contributed by atoms with Crippen LogP contribution in [0.4, 0.5) is 0 Å². The van der Waals surface area contributed by atoms with Crippen LogP contribution in [-0.4, -0.2) is 35.0 Å². The van der Waals surface area contributed by atoms with E-state index in [0.29, 0.717) is 6.54 Å². The quantitative estimate of drug-likeness (QED) is 0.288. The number of carbonyl (C=O) groups excluding carboxylic acids is 1. The molecule has 0 bridgehead atoms. The van der Waals surface area contributed by atoms with Gasteiger partial charge in [0.05, 0.1) is 5.92 Å². The van der Waals surface area contributed by atoms with Gasteiger partial charge in [0.15, 0.2) is 0 Å². The summed E-state index contributed by atoms with van der Waals surface area (Å²) in [5, 5.41) is 8.98. The van der Waals surface area contributed by atoms with E-state index in [0.717, 1.165) is 19.4 Å². The van der Waals surface area contributed by atoms with E-state index in [1.54, 1.807) is 4.90 Å². The molecule has 0 unspecified atom stereocenters. The fourth-order valence-electron chi connectivity index (χ4n) is 4.00. The first kappa shape index (κ1) is 24.0. The van der Waals surface area contributed by atoms with E-state index in [1.807, 2.05) is 0 Å². The van der Waals surface area contributed by atoms with E-state index < -0.39 is 11.9 Å². The zero-order valence-electron chi connectivity index (χ0n) is 17.7. The predicted octanol–water partition coefficient (Wildman–Crippen LogP) is 6.18. The van der Waals surface area contributed by atoms with Gasteiger partial charge in [-0.3, -0.25) is 9.59 Å². The second kappa shape index (κ2) is 15.9. The Morgan fingerprint density at radius 3 is 1.59 bits per heavy atom. The minimum absolute atomic E-state index is 0.0170. The van der Waals surface area contributed by atoms with Crippen molar-refractivity contribution in [1.82, 2.24) is 4.90 Å². The van der Waals surface area contributed by atoms with Crippen LogP contribution in [0.25, 0.3) is 0 Å². The van der Waals surface area contributed by atoms with Crippen molar-refractivity contribution in [3.63, 3.8) is 0 Å². The van der Waals surface area contributed by atoms with Crippen molar-refractivity contribution in [3.8, 4) is 0 Å². The lowest BCUT2D eigenvalue weighted by atomic mass is 10.0. The van der Waals surface area contributed by atoms with E-state index in [4.69, 9.17) is 5.11 Å². The van der Waals surface area contributed by atoms with Crippen molar-refractivity contribution in [3.05, 3.63) is 0 Å². The first-order valence-electron chi connectivity index (χ1n) is 11.7. The molecule has 1 saturated heterocycles. The van der Waals surface area contributed by atoms with Crippen LogP contribution in [0.5, 0.6) is 0 Å². The van der Waals surface area contributed by atoms with Crippen LogP contribution in [0.3, 0.4) is 0 Å². The molecule has 1 amide bonds.